The summed E-state index contributed by atoms with van der Waals surface area (Å²) in [5.41, 5.74) is 7.37. The van der Waals surface area contributed by atoms with Gasteiger partial charge in [0.2, 0.25) is 0 Å². The van der Waals surface area contributed by atoms with E-state index < -0.39 is 0 Å². The molecule has 0 bridgehead atoms. The Bertz CT molecular complexity index is 251. The van der Waals surface area contributed by atoms with Crippen molar-refractivity contribution >= 4 is 18.5 Å². The highest BCUT2D eigenvalue weighted by Crippen LogP contribution is 2.13. The predicted octanol–water partition coefficient (Wildman–Crippen LogP) is 0.789. The molecule has 1 unspecified atom stereocenters. The number of thiol groups is 1. The summed E-state index contributed by atoms with van der Waals surface area (Å²) in [6, 6.07) is 0.178. The van der Waals surface area contributed by atoms with Gasteiger partial charge in [-0.15, -0.1) is 0 Å². The molecule has 2 nitrogen and oxygen atoms in total. The average Bonchev–Trinajstić information content (AvgIpc) is 1.99. The predicted molar refractivity (Wildman–Crippen MR) is 50.6 cm³/mol. The molecule has 0 radical (unpaired) electrons. The van der Waals surface area contributed by atoms with Crippen molar-refractivity contribution in [2.45, 2.75) is 19.9 Å². The monoisotopic (exact) mass is 169 g/mol. The molecule has 0 aromatic rings. The molecule has 0 saturated heterocycles. The quantitative estimate of drug-likeness (QED) is 0.503. The first-order chi connectivity index (χ1) is 5.16. The van der Waals surface area contributed by atoms with Crippen LogP contribution in [0.4, 0.5) is 0 Å². The Morgan fingerprint density at radius 2 is 2.09 bits per heavy atom. The number of hydrogen-bond donors (Lipinski definition) is 2. The van der Waals surface area contributed by atoms with Crippen molar-refractivity contribution in [2.24, 2.45) is 4.40 Å². The van der Waals surface area contributed by atoms with E-state index in [0.29, 0.717) is 0 Å². The Balaban J connectivity index is 3.03. The van der Waals surface area contributed by atoms with E-state index in [2.05, 4.69) is 35.9 Å². The lowest BCUT2D eigenvalue weighted by Gasteiger charge is -2.15. The Hall–Kier alpha value is -0.540. The fourth-order valence-electron chi connectivity index (χ4n) is 1.10. The molecule has 0 aromatic heterocycles. The van der Waals surface area contributed by atoms with Crippen LogP contribution >= 0.6 is 12.8 Å². The normalized spacial score (nSPS) is 28.4. The molecule has 11 heavy (non-hydrogen) atoms. The van der Waals surface area contributed by atoms with Crippen LogP contribution < -0.4 is 5.73 Å². The Morgan fingerprint density at radius 3 is 2.55 bits per heavy atom. The van der Waals surface area contributed by atoms with E-state index >= 15 is 0 Å². The van der Waals surface area contributed by atoms with Gasteiger partial charge in [0, 0.05) is 0 Å². The zero-order valence-electron chi connectivity index (χ0n) is 6.83. The van der Waals surface area contributed by atoms with Gasteiger partial charge < -0.3 is 5.73 Å². The average molecular weight is 169 g/mol. The minimum atomic E-state index is 0.178. The smallest absolute Gasteiger partial charge is 0.150 e. The third kappa shape index (κ3) is 1.54. The lowest BCUT2D eigenvalue weighted by molar-refractivity contribution is -0.382. The zero-order valence-corrected chi connectivity index (χ0v) is 7.73. The Labute approximate surface area is 72.4 Å². The molecule has 0 spiro atoms. The van der Waals surface area contributed by atoms with E-state index in [-0.39, 0.29) is 6.04 Å². The number of hydrogen-bond acceptors (Lipinski definition) is 2. The largest absolute Gasteiger partial charge is 0.347 e. The molecule has 1 rings (SSSR count). The second-order valence-electron chi connectivity index (χ2n) is 2.80. The lowest BCUT2D eigenvalue weighted by Crippen LogP contribution is -2.66. The third-order valence-electron chi connectivity index (χ3n) is 1.99. The molecule has 1 atom stereocenters. The fourth-order valence-corrected chi connectivity index (χ4v) is 1.39. The van der Waals surface area contributed by atoms with Gasteiger partial charge in [0.15, 0.2) is 0 Å². The second-order valence-corrected chi connectivity index (χ2v) is 3.00. The van der Waals surface area contributed by atoms with E-state index in [9.17, 15) is 0 Å². The van der Waals surface area contributed by atoms with E-state index in [1.54, 1.807) is 0 Å². The van der Waals surface area contributed by atoms with Crippen molar-refractivity contribution in [1.82, 2.24) is 0 Å². The number of allylic oxidation sites excluding steroid dienone is 2. The van der Waals surface area contributed by atoms with E-state index in [1.165, 1.54) is 5.57 Å². The highest BCUT2D eigenvalue weighted by Gasteiger charge is 2.20. The summed E-state index contributed by atoms with van der Waals surface area (Å²) in [7, 11) is 0. The molecule has 1 aliphatic rings. The molecular formula is C8H13N2S+. The van der Waals surface area contributed by atoms with Crippen LogP contribution in [0, 0.1) is 0 Å². The Kier molecular flexibility index (Phi) is 2.52. The molecule has 60 valence electrons. The van der Waals surface area contributed by atoms with Crippen LogP contribution in [0.3, 0.4) is 0 Å². The minimum absolute atomic E-state index is 0.178. The second kappa shape index (κ2) is 3.24. The molecule has 0 aromatic carbocycles. The molecule has 1 aliphatic carbocycles. The summed E-state index contributed by atoms with van der Waals surface area (Å²) in [5.74, 6) is 0. The van der Waals surface area contributed by atoms with Crippen LogP contribution in [-0.4, -0.2) is 11.8 Å². The van der Waals surface area contributed by atoms with Gasteiger partial charge in [-0.05, 0) is 37.8 Å². The standard InChI is InChI=1S/C8H12N2S/c1-5-3-4-6(2)8(10-11)7(5)9/h3-4,7,11H,9H2,1-2H3/p+1. The molecule has 0 fully saturated rings. The number of rotatable bonds is 0. The highest BCUT2D eigenvalue weighted by molar-refractivity contribution is 7.79. The molecule has 0 amide bonds. The molecule has 3 heteroatoms. The van der Waals surface area contributed by atoms with E-state index in [0.717, 1.165) is 11.3 Å². The van der Waals surface area contributed by atoms with Crippen molar-refractivity contribution in [3.05, 3.63) is 23.3 Å². The van der Waals surface area contributed by atoms with Gasteiger partial charge in [-0.1, -0.05) is 12.2 Å². The third-order valence-corrected chi connectivity index (χ3v) is 2.20. The van der Waals surface area contributed by atoms with Gasteiger partial charge in [0.1, 0.15) is 11.8 Å². The molecule has 0 heterocycles. The SMILES string of the molecule is CC1=CC=C(C)C([NH3+])C1=NS. The van der Waals surface area contributed by atoms with Crippen LogP contribution in [0.25, 0.3) is 0 Å². The van der Waals surface area contributed by atoms with Crippen molar-refractivity contribution < 1.29 is 5.73 Å². The van der Waals surface area contributed by atoms with Crippen molar-refractivity contribution in [3.63, 3.8) is 0 Å². The van der Waals surface area contributed by atoms with Crippen LogP contribution in [0.1, 0.15) is 13.8 Å². The van der Waals surface area contributed by atoms with Crippen LogP contribution in [0.5, 0.6) is 0 Å². The summed E-state index contributed by atoms with van der Waals surface area (Å²) in [6.45, 7) is 4.08. The van der Waals surface area contributed by atoms with Gasteiger partial charge in [-0.3, -0.25) is 0 Å². The molecule has 3 N–H and O–H groups in total. The maximum absolute atomic E-state index is 3.99. The Morgan fingerprint density at radius 1 is 1.45 bits per heavy atom. The summed E-state index contributed by atoms with van der Waals surface area (Å²) >= 11 is 3.90. The van der Waals surface area contributed by atoms with Crippen LogP contribution in [0.15, 0.2) is 27.7 Å². The van der Waals surface area contributed by atoms with Crippen molar-refractivity contribution in [1.29, 1.82) is 0 Å². The van der Waals surface area contributed by atoms with Gasteiger partial charge in [0.25, 0.3) is 0 Å². The van der Waals surface area contributed by atoms with Gasteiger partial charge in [-0.2, -0.15) is 0 Å². The summed E-state index contributed by atoms with van der Waals surface area (Å²) in [4.78, 5) is 0. The summed E-state index contributed by atoms with van der Waals surface area (Å²) in [5, 5.41) is 0. The first-order valence-electron chi connectivity index (χ1n) is 3.57. The fraction of sp³-hybridized carbons (Fsp3) is 0.375. The van der Waals surface area contributed by atoms with Crippen molar-refractivity contribution in [2.75, 3.05) is 0 Å². The topological polar surface area (TPSA) is 40.0 Å². The molecular weight excluding hydrogens is 156 g/mol. The van der Waals surface area contributed by atoms with Gasteiger partial charge >= 0.3 is 0 Å². The summed E-state index contributed by atoms with van der Waals surface area (Å²) < 4.78 is 3.90. The van der Waals surface area contributed by atoms with E-state index in [4.69, 9.17) is 0 Å². The highest BCUT2D eigenvalue weighted by atomic mass is 32.1. The maximum Gasteiger partial charge on any atom is 0.150 e. The first-order valence-corrected chi connectivity index (χ1v) is 3.97. The van der Waals surface area contributed by atoms with Crippen LogP contribution in [0.2, 0.25) is 0 Å². The molecule has 0 saturated carbocycles. The molecule has 0 aliphatic heterocycles. The lowest BCUT2D eigenvalue weighted by atomic mass is 9.94. The number of nitrogens with zero attached hydrogens (tertiary/aromatic N) is 1. The maximum atomic E-state index is 3.99. The van der Waals surface area contributed by atoms with Gasteiger partial charge in [-0.25, -0.2) is 4.40 Å². The van der Waals surface area contributed by atoms with E-state index in [1.807, 2.05) is 13.0 Å². The number of quaternary nitrogens is 1. The first kappa shape index (κ1) is 8.56. The van der Waals surface area contributed by atoms with Gasteiger partial charge in [0.05, 0.1) is 0 Å². The summed E-state index contributed by atoms with van der Waals surface area (Å²) in [6.07, 6.45) is 4.13. The zero-order chi connectivity index (χ0) is 8.43. The van der Waals surface area contributed by atoms with Crippen LogP contribution in [-0.2, 0) is 0 Å². The van der Waals surface area contributed by atoms with Crippen molar-refractivity contribution in [3.8, 4) is 0 Å². The minimum Gasteiger partial charge on any atom is -0.347 e.